The Morgan fingerprint density at radius 2 is 1.82 bits per heavy atom. The molecule has 4 rings (SSSR count). The molecule has 28 heavy (non-hydrogen) atoms. The van der Waals surface area contributed by atoms with Crippen molar-refractivity contribution in [3.63, 3.8) is 0 Å². The van der Waals surface area contributed by atoms with Crippen molar-refractivity contribution in [2.24, 2.45) is 0 Å². The summed E-state index contributed by atoms with van der Waals surface area (Å²) in [6.07, 6.45) is 3.44. The van der Waals surface area contributed by atoms with Crippen LogP contribution in [0.15, 0.2) is 83.6 Å². The van der Waals surface area contributed by atoms with Crippen LogP contribution in [0.2, 0.25) is 5.02 Å². The Kier molecular flexibility index (Phi) is 5.00. The molecule has 0 N–H and O–H groups in total. The van der Waals surface area contributed by atoms with Gasteiger partial charge in [0.1, 0.15) is 0 Å². The fraction of sp³-hybridized carbons (Fsp3) is 0.0909. The Morgan fingerprint density at radius 3 is 2.50 bits per heavy atom. The first kappa shape index (κ1) is 18.1. The summed E-state index contributed by atoms with van der Waals surface area (Å²) in [6.45, 7) is 0.393. The Morgan fingerprint density at radius 1 is 1.07 bits per heavy atom. The summed E-state index contributed by atoms with van der Waals surface area (Å²) in [4.78, 5) is 14.2. The van der Waals surface area contributed by atoms with E-state index in [1.165, 1.54) is 6.26 Å². The van der Waals surface area contributed by atoms with Crippen molar-refractivity contribution in [3.8, 4) is 16.9 Å². The molecule has 0 saturated heterocycles. The molecule has 140 valence electrons. The van der Waals surface area contributed by atoms with Gasteiger partial charge in [-0.1, -0.05) is 41.9 Å². The maximum atomic E-state index is 12.6. The van der Waals surface area contributed by atoms with Crippen LogP contribution in [-0.4, -0.2) is 27.6 Å². The molecule has 6 heteroatoms. The summed E-state index contributed by atoms with van der Waals surface area (Å²) in [5.41, 5.74) is 3.62. The molecule has 0 fully saturated rings. The molecular formula is C22H18ClN3O2. The van der Waals surface area contributed by atoms with Crippen molar-refractivity contribution in [2.75, 3.05) is 7.05 Å². The number of hydrogen-bond acceptors (Lipinski definition) is 3. The van der Waals surface area contributed by atoms with E-state index in [0.717, 1.165) is 22.5 Å². The molecule has 0 saturated carbocycles. The monoisotopic (exact) mass is 391 g/mol. The van der Waals surface area contributed by atoms with Crippen LogP contribution in [0.3, 0.4) is 0 Å². The predicted molar refractivity (Wildman–Crippen MR) is 109 cm³/mol. The van der Waals surface area contributed by atoms with E-state index in [9.17, 15) is 4.79 Å². The van der Waals surface area contributed by atoms with E-state index in [0.29, 0.717) is 17.3 Å². The zero-order valence-electron chi connectivity index (χ0n) is 15.2. The molecule has 0 radical (unpaired) electrons. The minimum atomic E-state index is -0.181. The van der Waals surface area contributed by atoms with E-state index in [4.69, 9.17) is 21.1 Å². The molecule has 0 spiro atoms. The standard InChI is InChI=1S/C22H18ClN3O2/c1-25(22(27)20-8-5-13-28-20)14-17-15-26(19-6-3-2-4-7-19)24-21(17)16-9-11-18(23)12-10-16/h2-13,15H,14H2,1H3. The lowest BCUT2D eigenvalue weighted by atomic mass is 10.1. The average Bonchev–Trinajstić information content (AvgIpc) is 3.39. The quantitative estimate of drug-likeness (QED) is 0.478. The van der Waals surface area contributed by atoms with E-state index in [1.54, 1.807) is 24.1 Å². The molecule has 2 aromatic heterocycles. The van der Waals surface area contributed by atoms with Crippen LogP contribution in [0.5, 0.6) is 0 Å². The lowest BCUT2D eigenvalue weighted by molar-refractivity contribution is 0.0753. The first-order valence-electron chi connectivity index (χ1n) is 8.81. The number of rotatable bonds is 5. The minimum absolute atomic E-state index is 0.181. The molecule has 5 nitrogen and oxygen atoms in total. The molecule has 4 aromatic rings. The highest BCUT2D eigenvalue weighted by molar-refractivity contribution is 6.30. The summed E-state index contributed by atoms with van der Waals surface area (Å²) >= 11 is 6.03. The number of nitrogens with zero attached hydrogens (tertiary/aromatic N) is 3. The van der Waals surface area contributed by atoms with Crippen molar-refractivity contribution < 1.29 is 9.21 Å². The van der Waals surface area contributed by atoms with Gasteiger partial charge in [0.05, 0.1) is 17.6 Å². The van der Waals surface area contributed by atoms with Crippen molar-refractivity contribution in [1.29, 1.82) is 0 Å². The van der Waals surface area contributed by atoms with Crippen LogP contribution in [0.4, 0.5) is 0 Å². The largest absolute Gasteiger partial charge is 0.459 e. The fourth-order valence-corrected chi connectivity index (χ4v) is 3.13. The molecule has 0 unspecified atom stereocenters. The Balaban J connectivity index is 1.71. The van der Waals surface area contributed by atoms with Gasteiger partial charge in [-0.05, 0) is 36.4 Å². The number of carbonyl (C=O) groups excluding carboxylic acids is 1. The van der Waals surface area contributed by atoms with Crippen LogP contribution >= 0.6 is 11.6 Å². The third kappa shape index (κ3) is 3.70. The first-order chi connectivity index (χ1) is 13.6. The molecule has 2 aromatic carbocycles. The van der Waals surface area contributed by atoms with E-state index in [1.807, 2.05) is 65.5 Å². The molecular weight excluding hydrogens is 374 g/mol. The van der Waals surface area contributed by atoms with Gasteiger partial charge in [-0.3, -0.25) is 4.79 Å². The molecule has 0 atom stereocenters. The normalized spacial score (nSPS) is 10.8. The van der Waals surface area contributed by atoms with Gasteiger partial charge < -0.3 is 9.32 Å². The zero-order valence-corrected chi connectivity index (χ0v) is 16.0. The van der Waals surface area contributed by atoms with Gasteiger partial charge in [-0.2, -0.15) is 5.10 Å². The highest BCUT2D eigenvalue weighted by atomic mass is 35.5. The molecule has 0 aliphatic heterocycles. The van der Waals surface area contributed by atoms with Crippen molar-refractivity contribution >= 4 is 17.5 Å². The topological polar surface area (TPSA) is 51.3 Å². The molecule has 0 aliphatic rings. The highest BCUT2D eigenvalue weighted by Crippen LogP contribution is 2.26. The van der Waals surface area contributed by atoms with Crippen LogP contribution in [0.1, 0.15) is 16.1 Å². The first-order valence-corrected chi connectivity index (χ1v) is 9.18. The summed E-state index contributed by atoms with van der Waals surface area (Å²) in [5.74, 6) is 0.130. The van der Waals surface area contributed by atoms with Gasteiger partial charge in [0.15, 0.2) is 5.76 Å². The number of benzene rings is 2. The maximum absolute atomic E-state index is 12.6. The third-order valence-corrected chi connectivity index (χ3v) is 4.67. The maximum Gasteiger partial charge on any atom is 0.289 e. The SMILES string of the molecule is CN(Cc1cn(-c2ccccc2)nc1-c1ccc(Cl)cc1)C(=O)c1ccco1. The second-order valence-electron chi connectivity index (χ2n) is 6.43. The van der Waals surface area contributed by atoms with E-state index < -0.39 is 0 Å². The van der Waals surface area contributed by atoms with Crippen LogP contribution < -0.4 is 0 Å². The van der Waals surface area contributed by atoms with E-state index in [2.05, 4.69) is 0 Å². The molecule has 0 aliphatic carbocycles. The summed E-state index contributed by atoms with van der Waals surface area (Å²) in [7, 11) is 1.75. The van der Waals surface area contributed by atoms with Gasteiger partial charge >= 0.3 is 0 Å². The third-order valence-electron chi connectivity index (χ3n) is 4.41. The minimum Gasteiger partial charge on any atom is -0.459 e. The molecule has 2 heterocycles. The Labute approximate surface area is 167 Å². The molecule has 0 bridgehead atoms. The summed E-state index contributed by atoms with van der Waals surface area (Å²) < 4.78 is 7.05. The lowest BCUT2D eigenvalue weighted by Crippen LogP contribution is -2.25. The van der Waals surface area contributed by atoms with E-state index >= 15 is 0 Å². The number of para-hydroxylation sites is 1. The number of carbonyl (C=O) groups is 1. The number of amides is 1. The van der Waals surface area contributed by atoms with Crippen LogP contribution in [-0.2, 0) is 6.54 Å². The average molecular weight is 392 g/mol. The number of halogens is 1. The highest BCUT2D eigenvalue weighted by Gasteiger charge is 2.19. The van der Waals surface area contributed by atoms with Gasteiger partial charge in [0.2, 0.25) is 0 Å². The second-order valence-corrected chi connectivity index (χ2v) is 6.86. The van der Waals surface area contributed by atoms with Gasteiger partial charge in [0, 0.05) is 35.9 Å². The van der Waals surface area contributed by atoms with Crippen molar-refractivity contribution in [3.05, 3.63) is 95.5 Å². The smallest absolute Gasteiger partial charge is 0.289 e. The predicted octanol–water partition coefficient (Wildman–Crippen LogP) is 5.06. The summed E-state index contributed by atoms with van der Waals surface area (Å²) in [5, 5.41) is 5.43. The van der Waals surface area contributed by atoms with E-state index in [-0.39, 0.29) is 5.91 Å². The van der Waals surface area contributed by atoms with Gasteiger partial charge in [-0.25, -0.2) is 4.68 Å². The van der Waals surface area contributed by atoms with Crippen LogP contribution in [0, 0.1) is 0 Å². The number of furan rings is 1. The fourth-order valence-electron chi connectivity index (χ4n) is 3.00. The van der Waals surface area contributed by atoms with Gasteiger partial charge in [-0.15, -0.1) is 0 Å². The Hall–Kier alpha value is -3.31. The molecule has 1 amide bonds. The van der Waals surface area contributed by atoms with Crippen molar-refractivity contribution in [2.45, 2.75) is 6.54 Å². The van der Waals surface area contributed by atoms with Gasteiger partial charge in [0.25, 0.3) is 5.91 Å². The number of aromatic nitrogens is 2. The van der Waals surface area contributed by atoms with Crippen LogP contribution in [0.25, 0.3) is 16.9 Å². The Bertz CT molecular complexity index is 1070. The second kappa shape index (κ2) is 7.74. The summed E-state index contributed by atoms with van der Waals surface area (Å²) in [6, 6.07) is 20.7. The zero-order chi connectivity index (χ0) is 19.5. The number of hydrogen-bond donors (Lipinski definition) is 0. The van der Waals surface area contributed by atoms with Crippen molar-refractivity contribution in [1.82, 2.24) is 14.7 Å². The lowest BCUT2D eigenvalue weighted by Gasteiger charge is -2.15.